The number of carboxylic acid groups (broad SMARTS) is 1. The number of ether oxygens (including phenoxy) is 1. The summed E-state index contributed by atoms with van der Waals surface area (Å²) in [5.74, 6) is -0.305. The maximum absolute atomic E-state index is 12.4. The van der Waals surface area contributed by atoms with Crippen LogP contribution in [0.4, 0.5) is 0 Å². The third-order valence-electron chi connectivity index (χ3n) is 3.89. The molecule has 5 heteroatoms. The highest BCUT2D eigenvalue weighted by Gasteiger charge is 2.47. The van der Waals surface area contributed by atoms with Gasteiger partial charge in [0.15, 0.2) is 0 Å². The summed E-state index contributed by atoms with van der Waals surface area (Å²) < 4.78 is 5.35. The second-order valence-electron chi connectivity index (χ2n) is 5.04. The first-order valence-electron chi connectivity index (χ1n) is 6.74. The minimum atomic E-state index is -0.912. The summed E-state index contributed by atoms with van der Waals surface area (Å²) >= 11 is 0. The molecule has 20 heavy (non-hydrogen) atoms. The summed E-state index contributed by atoms with van der Waals surface area (Å²) in [5, 5.41) is 11.4. The van der Waals surface area contributed by atoms with Crippen LogP contribution in [0.3, 0.4) is 0 Å². The molecule has 1 aliphatic rings. The highest BCUT2D eigenvalue weighted by molar-refractivity contribution is 5.90. The third-order valence-corrected chi connectivity index (χ3v) is 3.89. The van der Waals surface area contributed by atoms with Crippen molar-refractivity contribution in [1.82, 2.24) is 5.32 Å². The van der Waals surface area contributed by atoms with Crippen LogP contribution in [-0.4, -0.2) is 30.6 Å². The normalized spacial score (nSPS) is 16.1. The lowest BCUT2D eigenvalue weighted by molar-refractivity contribution is -0.137. The Bertz CT molecular complexity index is 508. The minimum absolute atomic E-state index is 0.0618. The molecular weight excluding hydrogens is 258 g/mol. The first-order chi connectivity index (χ1) is 9.60. The molecule has 2 rings (SSSR count). The quantitative estimate of drug-likeness (QED) is 0.830. The number of nitrogens with one attached hydrogen (secondary N) is 1. The van der Waals surface area contributed by atoms with Crippen LogP contribution in [0, 0.1) is 0 Å². The average molecular weight is 277 g/mol. The molecule has 5 nitrogen and oxygen atoms in total. The van der Waals surface area contributed by atoms with Crippen LogP contribution < -0.4 is 10.1 Å². The van der Waals surface area contributed by atoms with E-state index in [9.17, 15) is 9.59 Å². The van der Waals surface area contributed by atoms with Crippen LogP contribution in [0.1, 0.15) is 31.2 Å². The van der Waals surface area contributed by atoms with Crippen molar-refractivity contribution >= 4 is 11.9 Å². The second kappa shape index (κ2) is 5.94. The lowest BCUT2D eigenvalue weighted by Gasteiger charge is -2.41. The van der Waals surface area contributed by atoms with Gasteiger partial charge < -0.3 is 15.2 Å². The standard InChI is InChI=1S/C15H19NO4/c1-20-12-6-3-2-5-11(12)15(8-4-9-15)14(19)16-10-7-13(17)18/h2-3,5-6H,4,7-10H2,1H3,(H,16,19)(H,17,18). The van der Waals surface area contributed by atoms with Crippen molar-refractivity contribution in [2.24, 2.45) is 0 Å². The molecule has 0 spiro atoms. The zero-order chi connectivity index (χ0) is 14.6. The lowest BCUT2D eigenvalue weighted by Crippen LogP contribution is -2.49. The van der Waals surface area contributed by atoms with E-state index in [-0.39, 0.29) is 18.9 Å². The van der Waals surface area contributed by atoms with E-state index in [0.29, 0.717) is 5.75 Å². The summed E-state index contributed by atoms with van der Waals surface area (Å²) in [6.07, 6.45) is 2.47. The smallest absolute Gasteiger partial charge is 0.305 e. The Morgan fingerprint density at radius 1 is 1.35 bits per heavy atom. The SMILES string of the molecule is COc1ccccc1C1(C(=O)NCCC(=O)O)CCC1. The molecule has 0 aromatic heterocycles. The molecule has 108 valence electrons. The molecule has 1 amide bonds. The van der Waals surface area contributed by atoms with Gasteiger partial charge in [0.25, 0.3) is 0 Å². The molecule has 0 radical (unpaired) electrons. The van der Waals surface area contributed by atoms with Gasteiger partial charge in [-0.1, -0.05) is 24.6 Å². The Kier molecular flexibility index (Phi) is 4.27. The summed E-state index contributed by atoms with van der Waals surface area (Å²) in [7, 11) is 1.59. The van der Waals surface area contributed by atoms with E-state index in [1.165, 1.54) is 0 Å². The number of carbonyl (C=O) groups excluding carboxylic acids is 1. The van der Waals surface area contributed by atoms with Crippen molar-refractivity contribution in [2.75, 3.05) is 13.7 Å². The first kappa shape index (κ1) is 14.4. The number of aliphatic carboxylic acids is 1. The maximum Gasteiger partial charge on any atom is 0.305 e. The van der Waals surface area contributed by atoms with E-state index in [0.717, 1.165) is 24.8 Å². The van der Waals surface area contributed by atoms with E-state index in [2.05, 4.69) is 5.32 Å². The summed E-state index contributed by atoms with van der Waals surface area (Å²) in [6.45, 7) is 0.158. The molecule has 0 aliphatic heterocycles. The third kappa shape index (κ3) is 2.61. The van der Waals surface area contributed by atoms with Gasteiger partial charge in [-0.05, 0) is 18.9 Å². The van der Waals surface area contributed by atoms with E-state index >= 15 is 0 Å². The number of carbonyl (C=O) groups is 2. The molecule has 2 N–H and O–H groups in total. The molecule has 0 bridgehead atoms. The molecule has 0 atom stereocenters. The Labute approximate surface area is 117 Å². The van der Waals surface area contributed by atoms with Crippen molar-refractivity contribution in [3.63, 3.8) is 0 Å². The number of hydrogen-bond acceptors (Lipinski definition) is 3. The predicted octanol–water partition coefficient (Wildman–Crippen LogP) is 1.71. The monoisotopic (exact) mass is 277 g/mol. The van der Waals surface area contributed by atoms with Gasteiger partial charge in [-0.25, -0.2) is 0 Å². The molecule has 1 aromatic rings. The van der Waals surface area contributed by atoms with E-state index in [1.54, 1.807) is 7.11 Å². The fraction of sp³-hybridized carbons (Fsp3) is 0.467. The van der Waals surface area contributed by atoms with E-state index < -0.39 is 11.4 Å². The van der Waals surface area contributed by atoms with Crippen LogP contribution in [0.5, 0.6) is 5.75 Å². The fourth-order valence-electron chi connectivity index (χ4n) is 2.64. The maximum atomic E-state index is 12.4. The van der Waals surface area contributed by atoms with Gasteiger partial charge in [0, 0.05) is 12.1 Å². The molecule has 0 heterocycles. The number of benzene rings is 1. The van der Waals surface area contributed by atoms with Gasteiger partial charge in [0.05, 0.1) is 18.9 Å². The van der Waals surface area contributed by atoms with Crippen LogP contribution >= 0.6 is 0 Å². The first-order valence-corrected chi connectivity index (χ1v) is 6.74. The van der Waals surface area contributed by atoms with Crippen LogP contribution in [0.25, 0.3) is 0 Å². The second-order valence-corrected chi connectivity index (χ2v) is 5.04. The fourth-order valence-corrected chi connectivity index (χ4v) is 2.64. The predicted molar refractivity (Wildman–Crippen MR) is 73.8 cm³/mol. The lowest BCUT2D eigenvalue weighted by atomic mass is 9.63. The molecule has 0 unspecified atom stereocenters. The molecule has 1 aromatic carbocycles. The minimum Gasteiger partial charge on any atom is -0.496 e. The van der Waals surface area contributed by atoms with Gasteiger partial charge in [0.1, 0.15) is 5.75 Å². The molecule has 1 saturated carbocycles. The van der Waals surface area contributed by atoms with Crippen molar-refractivity contribution in [1.29, 1.82) is 0 Å². The van der Waals surface area contributed by atoms with Gasteiger partial charge in [0.2, 0.25) is 5.91 Å². The van der Waals surface area contributed by atoms with Crippen LogP contribution in [0.2, 0.25) is 0 Å². The summed E-state index contributed by atoms with van der Waals surface area (Å²) in [5.41, 5.74) is 0.326. The number of hydrogen-bond donors (Lipinski definition) is 2. The van der Waals surface area contributed by atoms with E-state index in [1.807, 2.05) is 24.3 Å². The van der Waals surface area contributed by atoms with Crippen LogP contribution in [-0.2, 0) is 15.0 Å². The Hall–Kier alpha value is -2.04. The molecule has 0 saturated heterocycles. The average Bonchev–Trinajstić information content (AvgIpc) is 2.37. The van der Waals surface area contributed by atoms with E-state index in [4.69, 9.17) is 9.84 Å². The van der Waals surface area contributed by atoms with Crippen molar-refractivity contribution in [3.8, 4) is 5.75 Å². The van der Waals surface area contributed by atoms with Crippen molar-refractivity contribution in [2.45, 2.75) is 31.1 Å². The Morgan fingerprint density at radius 3 is 2.60 bits per heavy atom. The highest BCUT2D eigenvalue weighted by atomic mass is 16.5. The zero-order valence-electron chi connectivity index (χ0n) is 11.5. The molecular formula is C15H19NO4. The van der Waals surface area contributed by atoms with Gasteiger partial charge >= 0.3 is 5.97 Å². The number of carboxylic acids is 1. The van der Waals surface area contributed by atoms with Gasteiger partial charge in [-0.3, -0.25) is 9.59 Å². The summed E-state index contributed by atoms with van der Waals surface area (Å²) in [4.78, 5) is 23.0. The molecule has 1 aliphatic carbocycles. The summed E-state index contributed by atoms with van der Waals surface area (Å²) in [6, 6.07) is 7.52. The largest absolute Gasteiger partial charge is 0.496 e. The van der Waals surface area contributed by atoms with Gasteiger partial charge in [-0.15, -0.1) is 0 Å². The highest BCUT2D eigenvalue weighted by Crippen LogP contribution is 2.47. The number of methoxy groups -OCH3 is 1. The Balaban J connectivity index is 2.16. The topological polar surface area (TPSA) is 75.6 Å². The number of para-hydroxylation sites is 1. The van der Waals surface area contributed by atoms with Crippen molar-refractivity contribution in [3.05, 3.63) is 29.8 Å². The van der Waals surface area contributed by atoms with Gasteiger partial charge in [-0.2, -0.15) is 0 Å². The number of amides is 1. The van der Waals surface area contributed by atoms with Crippen LogP contribution in [0.15, 0.2) is 24.3 Å². The van der Waals surface area contributed by atoms with Crippen molar-refractivity contribution < 1.29 is 19.4 Å². The number of rotatable bonds is 6. The molecule has 1 fully saturated rings. The zero-order valence-corrected chi connectivity index (χ0v) is 11.5. The Morgan fingerprint density at radius 2 is 2.05 bits per heavy atom.